The number of hydrogen-bond donors (Lipinski definition) is 1. The molecule has 4 nitrogen and oxygen atoms in total. The Kier molecular flexibility index (Phi) is 10.8. The van der Waals surface area contributed by atoms with Crippen molar-refractivity contribution < 1.29 is 17.9 Å². The number of guanidine groups is 1. The molecule has 0 aromatic heterocycles. The van der Waals surface area contributed by atoms with E-state index in [1.165, 1.54) is 11.1 Å². The SMILES string of the molecule is CN=C(NCCCOCC(F)(F)F)N1CCC(=Cc2ccccc2)CC1.I. The minimum Gasteiger partial charge on any atom is -0.372 e. The van der Waals surface area contributed by atoms with E-state index in [-0.39, 0.29) is 30.6 Å². The van der Waals surface area contributed by atoms with Gasteiger partial charge < -0.3 is 15.0 Å². The first-order valence-corrected chi connectivity index (χ1v) is 8.82. The maximum absolute atomic E-state index is 12.0. The molecule has 8 heteroatoms. The van der Waals surface area contributed by atoms with Crippen LogP contribution >= 0.6 is 24.0 Å². The number of hydrogen-bond acceptors (Lipinski definition) is 2. The lowest BCUT2D eigenvalue weighted by Crippen LogP contribution is -2.44. The number of halogens is 4. The van der Waals surface area contributed by atoms with Gasteiger partial charge in [-0.1, -0.05) is 42.0 Å². The lowest BCUT2D eigenvalue weighted by atomic mass is 10.0. The monoisotopic (exact) mass is 497 g/mol. The molecule has 0 atom stereocenters. The summed E-state index contributed by atoms with van der Waals surface area (Å²) in [5.41, 5.74) is 2.64. The van der Waals surface area contributed by atoms with Gasteiger partial charge in [0.2, 0.25) is 0 Å². The Morgan fingerprint density at radius 2 is 1.89 bits per heavy atom. The minimum atomic E-state index is -4.26. The Hall–Kier alpha value is -1.29. The summed E-state index contributed by atoms with van der Waals surface area (Å²) in [6, 6.07) is 10.3. The maximum atomic E-state index is 12.0. The molecule has 1 heterocycles. The van der Waals surface area contributed by atoms with Gasteiger partial charge in [-0.15, -0.1) is 24.0 Å². The molecule has 1 fully saturated rings. The summed E-state index contributed by atoms with van der Waals surface area (Å²) in [6.07, 6.45) is 0.435. The molecule has 1 aromatic rings. The number of nitrogens with zero attached hydrogens (tertiary/aromatic N) is 2. The average molecular weight is 497 g/mol. The van der Waals surface area contributed by atoms with Crippen molar-refractivity contribution in [3.63, 3.8) is 0 Å². The van der Waals surface area contributed by atoms with E-state index in [0.717, 1.165) is 31.9 Å². The van der Waals surface area contributed by atoms with Crippen molar-refractivity contribution in [1.82, 2.24) is 10.2 Å². The molecule has 0 amide bonds. The number of aliphatic imine (C=N–C) groups is 1. The van der Waals surface area contributed by atoms with Crippen LogP contribution < -0.4 is 5.32 Å². The number of piperidine rings is 1. The number of likely N-dealkylation sites (tertiary alicyclic amines) is 1. The zero-order valence-electron chi connectivity index (χ0n) is 15.5. The molecule has 0 unspecified atom stereocenters. The van der Waals surface area contributed by atoms with E-state index >= 15 is 0 Å². The molecule has 1 aromatic carbocycles. The Bertz CT molecular complexity index is 596. The predicted molar refractivity (Wildman–Crippen MR) is 113 cm³/mol. The van der Waals surface area contributed by atoms with Crippen LogP contribution in [0.3, 0.4) is 0 Å². The van der Waals surface area contributed by atoms with E-state index in [2.05, 4.69) is 38.2 Å². The van der Waals surface area contributed by atoms with E-state index in [0.29, 0.717) is 13.0 Å². The normalized spacial score (nSPS) is 15.3. The third-order valence-electron chi connectivity index (χ3n) is 4.10. The Morgan fingerprint density at radius 1 is 1.22 bits per heavy atom. The topological polar surface area (TPSA) is 36.9 Å². The first kappa shape index (κ1) is 23.7. The quantitative estimate of drug-likeness (QED) is 0.275. The molecular formula is C19H27F3IN3O. The fraction of sp³-hybridized carbons (Fsp3) is 0.526. The van der Waals surface area contributed by atoms with Crippen molar-refractivity contribution in [1.29, 1.82) is 0 Å². The fourth-order valence-electron chi connectivity index (χ4n) is 2.83. The van der Waals surface area contributed by atoms with Crippen LogP contribution in [0.15, 0.2) is 40.9 Å². The molecule has 1 aliphatic rings. The van der Waals surface area contributed by atoms with Gasteiger partial charge in [-0.25, -0.2) is 0 Å². The maximum Gasteiger partial charge on any atom is 0.411 e. The van der Waals surface area contributed by atoms with Crippen molar-refractivity contribution in [2.24, 2.45) is 4.99 Å². The number of nitrogens with one attached hydrogen (secondary N) is 1. The summed E-state index contributed by atoms with van der Waals surface area (Å²) >= 11 is 0. The lowest BCUT2D eigenvalue weighted by molar-refractivity contribution is -0.173. The summed E-state index contributed by atoms with van der Waals surface area (Å²) in [5.74, 6) is 0.791. The van der Waals surface area contributed by atoms with Gasteiger partial charge in [0.15, 0.2) is 5.96 Å². The summed E-state index contributed by atoms with van der Waals surface area (Å²) in [5, 5.41) is 3.20. The van der Waals surface area contributed by atoms with Crippen LogP contribution in [-0.4, -0.2) is 56.9 Å². The molecule has 1 aliphatic heterocycles. The second-order valence-corrected chi connectivity index (χ2v) is 6.20. The second-order valence-electron chi connectivity index (χ2n) is 6.20. The van der Waals surface area contributed by atoms with Crippen LogP contribution in [0.25, 0.3) is 6.08 Å². The van der Waals surface area contributed by atoms with Crippen LogP contribution in [0.4, 0.5) is 13.2 Å². The number of rotatable bonds is 6. The van der Waals surface area contributed by atoms with Gasteiger partial charge in [0, 0.05) is 33.3 Å². The highest BCUT2D eigenvalue weighted by Gasteiger charge is 2.27. The van der Waals surface area contributed by atoms with Crippen LogP contribution in [0.1, 0.15) is 24.8 Å². The molecule has 1 N–H and O–H groups in total. The van der Waals surface area contributed by atoms with E-state index in [1.807, 2.05) is 18.2 Å². The number of alkyl halides is 3. The van der Waals surface area contributed by atoms with E-state index < -0.39 is 12.8 Å². The van der Waals surface area contributed by atoms with Gasteiger partial charge >= 0.3 is 6.18 Å². The van der Waals surface area contributed by atoms with Crippen LogP contribution in [0.5, 0.6) is 0 Å². The molecule has 1 saturated heterocycles. The highest BCUT2D eigenvalue weighted by Crippen LogP contribution is 2.19. The van der Waals surface area contributed by atoms with Gasteiger partial charge in [0.1, 0.15) is 6.61 Å². The van der Waals surface area contributed by atoms with Gasteiger partial charge in [-0.2, -0.15) is 13.2 Å². The van der Waals surface area contributed by atoms with E-state index in [1.54, 1.807) is 7.05 Å². The van der Waals surface area contributed by atoms with Gasteiger partial charge in [0.05, 0.1) is 0 Å². The lowest BCUT2D eigenvalue weighted by Gasteiger charge is -2.31. The Morgan fingerprint density at radius 3 is 2.48 bits per heavy atom. The third kappa shape index (κ3) is 9.46. The summed E-state index contributed by atoms with van der Waals surface area (Å²) in [7, 11) is 1.72. The Balaban J connectivity index is 0.00000364. The van der Waals surface area contributed by atoms with E-state index in [9.17, 15) is 13.2 Å². The van der Waals surface area contributed by atoms with Crippen molar-refractivity contribution in [2.45, 2.75) is 25.4 Å². The summed E-state index contributed by atoms with van der Waals surface area (Å²) in [4.78, 5) is 6.45. The minimum absolute atomic E-state index is 0. The molecular weight excluding hydrogens is 470 g/mol. The molecule has 0 bridgehead atoms. The first-order valence-electron chi connectivity index (χ1n) is 8.82. The smallest absolute Gasteiger partial charge is 0.372 e. The highest BCUT2D eigenvalue weighted by atomic mass is 127. The molecule has 0 aliphatic carbocycles. The summed E-state index contributed by atoms with van der Waals surface area (Å²) < 4.78 is 40.6. The average Bonchev–Trinajstić information content (AvgIpc) is 2.62. The fourth-order valence-corrected chi connectivity index (χ4v) is 2.83. The number of ether oxygens (including phenoxy) is 1. The number of benzene rings is 1. The third-order valence-corrected chi connectivity index (χ3v) is 4.10. The van der Waals surface area contributed by atoms with Crippen molar-refractivity contribution >= 4 is 36.0 Å². The second kappa shape index (κ2) is 12.2. The molecule has 0 spiro atoms. The molecule has 0 saturated carbocycles. The predicted octanol–water partition coefficient (Wildman–Crippen LogP) is 4.33. The molecule has 0 radical (unpaired) electrons. The first-order chi connectivity index (χ1) is 12.5. The van der Waals surface area contributed by atoms with Crippen molar-refractivity contribution in [2.75, 3.05) is 39.9 Å². The highest BCUT2D eigenvalue weighted by molar-refractivity contribution is 14.0. The molecule has 27 heavy (non-hydrogen) atoms. The van der Waals surface area contributed by atoms with E-state index in [4.69, 9.17) is 0 Å². The summed E-state index contributed by atoms with van der Waals surface area (Å²) in [6.45, 7) is 1.18. The molecule has 2 rings (SSSR count). The van der Waals surface area contributed by atoms with Gasteiger partial charge in [-0.05, 0) is 24.8 Å². The zero-order valence-corrected chi connectivity index (χ0v) is 17.8. The Labute approximate surface area is 175 Å². The van der Waals surface area contributed by atoms with Crippen LogP contribution in [-0.2, 0) is 4.74 Å². The zero-order chi connectivity index (χ0) is 18.8. The van der Waals surface area contributed by atoms with Crippen LogP contribution in [0.2, 0.25) is 0 Å². The largest absolute Gasteiger partial charge is 0.411 e. The standard InChI is InChI=1S/C19H26F3N3O.HI/c1-23-18(24-10-5-13-26-15-19(20,21)22)25-11-8-17(9-12-25)14-16-6-3-2-4-7-16;/h2-4,6-7,14H,5,8-13,15H2,1H3,(H,23,24);1H. The molecule has 152 valence electrons. The van der Waals surface area contributed by atoms with Gasteiger partial charge in [0.25, 0.3) is 0 Å². The van der Waals surface area contributed by atoms with Crippen molar-refractivity contribution in [3.8, 4) is 0 Å². The van der Waals surface area contributed by atoms with Gasteiger partial charge in [-0.3, -0.25) is 4.99 Å². The van der Waals surface area contributed by atoms with Crippen molar-refractivity contribution in [3.05, 3.63) is 41.5 Å². The van der Waals surface area contributed by atoms with Crippen LogP contribution in [0, 0.1) is 0 Å².